The molecule has 0 aliphatic carbocycles. The number of rotatable bonds is 6. The molecule has 2 heterocycles. The molecule has 9 heteroatoms. The summed E-state index contributed by atoms with van der Waals surface area (Å²) in [5, 5.41) is 2.70. The van der Waals surface area contributed by atoms with E-state index in [4.69, 9.17) is 4.74 Å². The van der Waals surface area contributed by atoms with E-state index in [1.807, 2.05) is 13.8 Å². The van der Waals surface area contributed by atoms with Crippen molar-refractivity contribution in [1.29, 1.82) is 0 Å². The van der Waals surface area contributed by atoms with Gasteiger partial charge in [0.05, 0.1) is 24.0 Å². The number of nitrogens with zero attached hydrogens (tertiary/aromatic N) is 2. The van der Waals surface area contributed by atoms with Crippen molar-refractivity contribution in [3.05, 3.63) is 57.2 Å². The Morgan fingerprint density at radius 3 is 2.72 bits per heavy atom. The number of aryl methyl sites for hydroxylation is 1. The molecule has 2 aromatic heterocycles. The van der Waals surface area contributed by atoms with Crippen LogP contribution in [0.5, 0.6) is 0 Å². The van der Waals surface area contributed by atoms with E-state index in [0.29, 0.717) is 15.3 Å². The number of ether oxygens (including phenoxy) is 1. The van der Waals surface area contributed by atoms with Crippen molar-refractivity contribution in [3.63, 3.8) is 0 Å². The molecular formula is C20H20FN3O4S. The fourth-order valence-electron chi connectivity index (χ4n) is 2.68. The molecule has 0 aliphatic heterocycles. The maximum atomic E-state index is 13.7. The van der Waals surface area contributed by atoms with E-state index in [9.17, 15) is 18.8 Å². The van der Waals surface area contributed by atoms with E-state index in [1.54, 1.807) is 13.0 Å². The van der Waals surface area contributed by atoms with E-state index in [0.717, 1.165) is 15.9 Å². The molecule has 0 fully saturated rings. The Balaban J connectivity index is 1.85. The van der Waals surface area contributed by atoms with Crippen LogP contribution in [0.15, 0.2) is 35.4 Å². The van der Waals surface area contributed by atoms with Crippen molar-refractivity contribution in [2.75, 3.05) is 11.9 Å². The Morgan fingerprint density at radius 2 is 2.03 bits per heavy atom. The first kappa shape index (κ1) is 20.7. The molecule has 0 atom stereocenters. The lowest BCUT2D eigenvalue weighted by molar-refractivity contribution is -0.116. The van der Waals surface area contributed by atoms with Crippen molar-refractivity contribution in [3.8, 4) is 0 Å². The third-order valence-electron chi connectivity index (χ3n) is 4.11. The molecule has 0 bridgehead atoms. The van der Waals surface area contributed by atoms with Gasteiger partial charge < -0.3 is 10.1 Å². The van der Waals surface area contributed by atoms with Crippen molar-refractivity contribution >= 4 is 39.1 Å². The summed E-state index contributed by atoms with van der Waals surface area (Å²) in [4.78, 5) is 42.3. The number of esters is 1. The predicted molar refractivity (Wildman–Crippen MR) is 109 cm³/mol. The normalized spacial score (nSPS) is 11.1. The van der Waals surface area contributed by atoms with Gasteiger partial charge in [-0.05, 0) is 30.5 Å². The number of thiophene rings is 1. The van der Waals surface area contributed by atoms with Crippen LogP contribution in [0.3, 0.4) is 0 Å². The topological polar surface area (TPSA) is 90.3 Å². The second-order valence-corrected chi connectivity index (χ2v) is 7.93. The number of anilines is 1. The standard InChI is InChI=1S/C20H20FN3O4S/c1-11(2)9-28-20(27)17-12(3)16-18(29-17)22-10-24(19(16)26)8-15(25)23-14-7-5-4-6-13(14)21/h4-7,10-11H,8-9H2,1-3H3,(H,23,25). The largest absolute Gasteiger partial charge is 0.461 e. The fraction of sp³-hybridized carbons (Fsp3) is 0.300. The van der Waals surface area contributed by atoms with E-state index in [2.05, 4.69) is 10.3 Å². The highest BCUT2D eigenvalue weighted by Crippen LogP contribution is 2.27. The Bertz CT molecular complexity index is 1140. The monoisotopic (exact) mass is 417 g/mol. The Kier molecular flexibility index (Phi) is 6.07. The summed E-state index contributed by atoms with van der Waals surface area (Å²) in [6.45, 7) is 5.45. The molecule has 0 saturated carbocycles. The van der Waals surface area contributed by atoms with Crippen LogP contribution in [0.25, 0.3) is 10.2 Å². The van der Waals surface area contributed by atoms with Crippen molar-refractivity contribution in [2.24, 2.45) is 5.92 Å². The Labute approximate surface area is 170 Å². The number of hydrogen-bond acceptors (Lipinski definition) is 6. The Hall–Kier alpha value is -3.07. The first-order valence-electron chi connectivity index (χ1n) is 8.98. The number of aromatic nitrogens is 2. The lowest BCUT2D eigenvalue weighted by Gasteiger charge is -2.08. The zero-order valence-electron chi connectivity index (χ0n) is 16.2. The van der Waals surface area contributed by atoms with Crippen LogP contribution in [0.4, 0.5) is 10.1 Å². The van der Waals surface area contributed by atoms with Gasteiger partial charge in [0.2, 0.25) is 5.91 Å². The van der Waals surface area contributed by atoms with Crippen LogP contribution in [-0.4, -0.2) is 28.0 Å². The van der Waals surface area contributed by atoms with Gasteiger partial charge in [-0.2, -0.15) is 0 Å². The van der Waals surface area contributed by atoms with E-state index >= 15 is 0 Å². The molecule has 0 aliphatic rings. The number of fused-ring (bicyclic) bond motifs is 1. The number of nitrogens with one attached hydrogen (secondary N) is 1. The average Bonchev–Trinajstić information content (AvgIpc) is 3.01. The van der Waals surface area contributed by atoms with Crippen molar-refractivity contribution < 1.29 is 18.7 Å². The van der Waals surface area contributed by atoms with Crippen LogP contribution in [-0.2, 0) is 16.1 Å². The average molecular weight is 417 g/mol. The number of halogens is 1. The van der Waals surface area contributed by atoms with Gasteiger partial charge in [-0.3, -0.25) is 14.2 Å². The molecule has 0 unspecified atom stereocenters. The number of para-hydroxylation sites is 1. The number of carbonyl (C=O) groups is 2. The maximum absolute atomic E-state index is 13.7. The highest BCUT2D eigenvalue weighted by Gasteiger charge is 2.21. The summed E-state index contributed by atoms with van der Waals surface area (Å²) in [7, 11) is 0. The van der Waals surface area contributed by atoms with Crippen molar-refractivity contribution in [1.82, 2.24) is 9.55 Å². The summed E-state index contributed by atoms with van der Waals surface area (Å²) in [6, 6.07) is 5.75. The first-order chi connectivity index (χ1) is 13.8. The van der Waals surface area contributed by atoms with E-state index < -0.39 is 23.3 Å². The second-order valence-electron chi connectivity index (χ2n) is 6.93. The number of benzene rings is 1. The lowest BCUT2D eigenvalue weighted by atomic mass is 10.2. The van der Waals surface area contributed by atoms with Crippen LogP contribution in [0.1, 0.15) is 29.1 Å². The summed E-state index contributed by atoms with van der Waals surface area (Å²) in [6.07, 6.45) is 1.24. The number of amides is 1. The first-order valence-corrected chi connectivity index (χ1v) is 9.79. The zero-order chi connectivity index (χ0) is 21.1. The molecule has 0 radical (unpaired) electrons. The molecule has 0 saturated heterocycles. The summed E-state index contributed by atoms with van der Waals surface area (Å²) in [5.41, 5.74) is 0.0527. The second kappa shape index (κ2) is 8.52. The molecule has 1 amide bonds. The minimum Gasteiger partial charge on any atom is -0.461 e. The van der Waals surface area contributed by atoms with Gasteiger partial charge in [0.15, 0.2) is 0 Å². The number of hydrogen-bond donors (Lipinski definition) is 1. The fourth-order valence-corrected chi connectivity index (χ4v) is 3.71. The zero-order valence-corrected chi connectivity index (χ0v) is 17.0. The van der Waals surface area contributed by atoms with Gasteiger partial charge in [-0.15, -0.1) is 11.3 Å². The third kappa shape index (κ3) is 4.51. The Morgan fingerprint density at radius 1 is 1.31 bits per heavy atom. The summed E-state index contributed by atoms with van der Waals surface area (Å²) >= 11 is 1.08. The van der Waals surface area contributed by atoms with Crippen LogP contribution < -0.4 is 10.9 Å². The minimum atomic E-state index is -0.569. The summed E-state index contributed by atoms with van der Waals surface area (Å²) < 4.78 is 20.1. The van der Waals surface area contributed by atoms with Gasteiger partial charge in [0, 0.05) is 0 Å². The molecule has 29 heavy (non-hydrogen) atoms. The molecule has 1 aromatic carbocycles. The molecule has 7 nitrogen and oxygen atoms in total. The predicted octanol–water partition coefficient (Wildman–Crippen LogP) is 3.36. The van der Waals surface area contributed by atoms with Gasteiger partial charge in [0.25, 0.3) is 5.56 Å². The molecule has 152 valence electrons. The van der Waals surface area contributed by atoms with E-state index in [1.165, 1.54) is 24.5 Å². The van der Waals surface area contributed by atoms with Crippen LogP contribution >= 0.6 is 11.3 Å². The van der Waals surface area contributed by atoms with Gasteiger partial charge in [0.1, 0.15) is 22.1 Å². The maximum Gasteiger partial charge on any atom is 0.348 e. The number of carbonyl (C=O) groups excluding carboxylic acids is 2. The minimum absolute atomic E-state index is 0.0292. The van der Waals surface area contributed by atoms with Gasteiger partial charge >= 0.3 is 5.97 Å². The van der Waals surface area contributed by atoms with E-state index in [-0.39, 0.29) is 30.1 Å². The molecule has 0 spiro atoms. The van der Waals surface area contributed by atoms with Crippen molar-refractivity contribution in [2.45, 2.75) is 27.3 Å². The summed E-state index contributed by atoms with van der Waals surface area (Å²) in [5.74, 6) is -1.44. The molecule has 3 rings (SSSR count). The molecule has 1 N–H and O–H groups in total. The SMILES string of the molecule is Cc1c(C(=O)OCC(C)C)sc2ncn(CC(=O)Nc3ccccc3F)c(=O)c12. The van der Waals surface area contributed by atoms with Crippen LogP contribution in [0.2, 0.25) is 0 Å². The molecular weight excluding hydrogens is 397 g/mol. The smallest absolute Gasteiger partial charge is 0.348 e. The highest BCUT2D eigenvalue weighted by atomic mass is 32.1. The highest BCUT2D eigenvalue weighted by molar-refractivity contribution is 7.20. The van der Waals surface area contributed by atoms with Crippen LogP contribution in [0, 0.1) is 18.7 Å². The van der Waals surface area contributed by atoms with Gasteiger partial charge in [-0.25, -0.2) is 14.2 Å². The quantitative estimate of drug-likeness (QED) is 0.621. The molecule has 3 aromatic rings. The van der Waals surface area contributed by atoms with Gasteiger partial charge in [-0.1, -0.05) is 26.0 Å². The lowest BCUT2D eigenvalue weighted by Crippen LogP contribution is -2.28. The third-order valence-corrected chi connectivity index (χ3v) is 5.29.